The molecule has 2 heterocycles. The zero-order chi connectivity index (χ0) is 19.7. The summed E-state index contributed by atoms with van der Waals surface area (Å²) in [4.78, 5) is 14.2. The molecule has 0 aromatic heterocycles. The summed E-state index contributed by atoms with van der Waals surface area (Å²) in [6.45, 7) is 7.94. The molecule has 0 aliphatic carbocycles. The van der Waals surface area contributed by atoms with E-state index in [4.69, 9.17) is 14.2 Å². The summed E-state index contributed by atoms with van der Waals surface area (Å²) in [5.41, 5.74) is 3.03. The third-order valence-corrected chi connectivity index (χ3v) is 5.13. The third kappa shape index (κ3) is 4.14. The normalized spacial score (nSPS) is 21.0. The van der Waals surface area contributed by atoms with E-state index in [0.717, 1.165) is 16.9 Å². The molecule has 0 bridgehead atoms. The van der Waals surface area contributed by atoms with Crippen LogP contribution in [0.3, 0.4) is 0 Å². The Hall–Kier alpha value is -2.53. The second kappa shape index (κ2) is 7.47. The summed E-state index contributed by atoms with van der Waals surface area (Å²) >= 11 is 0. The van der Waals surface area contributed by atoms with Crippen molar-refractivity contribution in [2.24, 2.45) is 0 Å². The monoisotopic (exact) mass is 381 g/mol. The third-order valence-electron chi connectivity index (χ3n) is 5.13. The standard InChI is InChI=1S/C23H27NO4/c1-23(2,3)28-22(25)24-12-20-19-10-9-18(11-17(19)15-27-21(20)13-24)26-14-16-7-5-4-6-8-16/h4-11,20-21H,12-15H2,1-3H3. The zero-order valence-electron chi connectivity index (χ0n) is 16.7. The fraction of sp³-hybridized carbons (Fsp3) is 0.435. The average Bonchev–Trinajstić information content (AvgIpc) is 3.10. The van der Waals surface area contributed by atoms with Crippen LogP contribution in [0.1, 0.15) is 43.4 Å². The predicted octanol–water partition coefficient (Wildman–Crippen LogP) is 4.50. The molecule has 0 saturated carbocycles. The Bertz CT molecular complexity index is 843. The van der Waals surface area contributed by atoms with Crippen LogP contribution in [0.5, 0.6) is 5.75 Å². The molecule has 1 fully saturated rings. The van der Waals surface area contributed by atoms with E-state index >= 15 is 0 Å². The number of hydrogen-bond acceptors (Lipinski definition) is 4. The van der Waals surface area contributed by atoms with E-state index in [0.29, 0.717) is 26.3 Å². The molecule has 148 valence electrons. The van der Waals surface area contributed by atoms with Crippen LogP contribution in [0.25, 0.3) is 0 Å². The Labute approximate surface area is 166 Å². The first kappa shape index (κ1) is 18.8. The summed E-state index contributed by atoms with van der Waals surface area (Å²) in [6, 6.07) is 16.3. The average molecular weight is 381 g/mol. The van der Waals surface area contributed by atoms with Crippen molar-refractivity contribution in [2.45, 2.75) is 51.6 Å². The molecule has 5 heteroatoms. The fourth-order valence-electron chi connectivity index (χ4n) is 3.81. The number of benzene rings is 2. The van der Waals surface area contributed by atoms with Gasteiger partial charge in [-0.05, 0) is 49.6 Å². The lowest BCUT2D eigenvalue weighted by Crippen LogP contribution is -2.36. The first-order chi connectivity index (χ1) is 13.4. The molecule has 28 heavy (non-hydrogen) atoms. The van der Waals surface area contributed by atoms with Crippen LogP contribution in [0, 0.1) is 0 Å². The summed E-state index contributed by atoms with van der Waals surface area (Å²) in [5.74, 6) is 1.02. The molecule has 4 rings (SSSR count). The highest BCUT2D eigenvalue weighted by atomic mass is 16.6. The molecule has 5 nitrogen and oxygen atoms in total. The smallest absolute Gasteiger partial charge is 0.410 e. The molecule has 2 unspecified atom stereocenters. The highest BCUT2D eigenvalue weighted by Crippen LogP contribution is 2.38. The first-order valence-corrected chi connectivity index (χ1v) is 9.78. The molecular weight excluding hydrogens is 354 g/mol. The number of carbonyl (C=O) groups is 1. The number of nitrogens with zero attached hydrogens (tertiary/aromatic N) is 1. The van der Waals surface area contributed by atoms with Crippen molar-refractivity contribution in [1.29, 1.82) is 0 Å². The Morgan fingerprint density at radius 2 is 1.93 bits per heavy atom. The van der Waals surface area contributed by atoms with Crippen molar-refractivity contribution in [1.82, 2.24) is 4.90 Å². The van der Waals surface area contributed by atoms with Crippen molar-refractivity contribution < 1.29 is 19.0 Å². The van der Waals surface area contributed by atoms with Crippen LogP contribution in [0.4, 0.5) is 4.79 Å². The van der Waals surface area contributed by atoms with Gasteiger partial charge in [0.1, 0.15) is 18.0 Å². The minimum atomic E-state index is -0.491. The van der Waals surface area contributed by atoms with Crippen molar-refractivity contribution in [3.05, 3.63) is 65.2 Å². The molecule has 2 aromatic carbocycles. The number of likely N-dealkylation sites (tertiary alicyclic amines) is 1. The van der Waals surface area contributed by atoms with Crippen LogP contribution < -0.4 is 4.74 Å². The SMILES string of the molecule is CC(C)(C)OC(=O)N1CC2OCc3cc(OCc4ccccc4)ccc3C2C1. The number of rotatable bonds is 3. The number of amides is 1. The van der Waals surface area contributed by atoms with Gasteiger partial charge in [-0.15, -0.1) is 0 Å². The Morgan fingerprint density at radius 3 is 2.68 bits per heavy atom. The molecule has 2 atom stereocenters. The molecular formula is C23H27NO4. The first-order valence-electron chi connectivity index (χ1n) is 9.78. The topological polar surface area (TPSA) is 48.0 Å². The van der Waals surface area contributed by atoms with Gasteiger partial charge in [0, 0.05) is 12.5 Å². The second-order valence-corrected chi connectivity index (χ2v) is 8.48. The van der Waals surface area contributed by atoms with Gasteiger partial charge in [0.15, 0.2) is 0 Å². The summed E-state index contributed by atoms with van der Waals surface area (Å²) in [5, 5.41) is 0. The predicted molar refractivity (Wildman–Crippen MR) is 106 cm³/mol. The van der Waals surface area contributed by atoms with Crippen LogP contribution >= 0.6 is 0 Å². The maximum atomic E-state index is 12.4. The van der Waals surface area contributed by atoms with Crippen LogP contribution in [0.2, 0.25) is 0 Å². The van der Waals surface area contributed by atoms with Crippen molar-refractivity contribution >= 4 is 6.09 Å². The number of ether oxygens (including phenoxy) is 3. The summed E-state index contributed by atoms with van der Waals surface area (Å²) in [7, 11) is 0. The molecule has 2 aliphatic heterocycles. The number of carbonyl (C=O) groups excluding carboxylic acids is 1. The van der Waals surface area contributed by atoms with Gasteiger partial charge in [0.2, 0.25) is 0 Å². The number of fused-ring (bicyclic) bond motifs is 3. The van der Waals surface area contributed by atoms with E-state index in [1.807, 2.05) is 45.0 Å². The van der Waals surface area contributed by atoms with Gasteiger partial charge in [-0.25, -0.2) is 4.79 Å². The molecule has 2 aliphatic rings. The lowest BCUT2D eigenvalue weighted by molar-refractivity contribution is 0.0126. The maximum Gasteiger partial charge on any atom is 0.410 e. The molecule has 0 radical (unpaired) electrons. The second-order valence-electron chi connectivity index (χ2n) is 8.48. The molecule has 0 spiro atoms. The van der Waals surface area contributed by atoms with E-state index in [1.165, 1.54) is 5.56 Å². The summed E-state index contributed by atoms with van der Waals surface area (Å²) < 4.78 is 17.5. The minimum Gasteiger partial charge on any atom is -0.489 e. The lowest BCUT2D eigenvalue weighted by atomic mass is 9.89. The van der Waals surface area contributed by atoms with Gasteiger partial charge in [0.25, 0.3) is 0 Å². The fourth-order valence-corrected chi connectivity index (χ4v) is 3.81. The Balaban J connectivity index is 1.44. The highest BCUT2D eigenvalue weighted by molar-refractivity contribution is 5.69. The van der Waals surface area contributed by atoms with Crippen LogP contribution in [0.15, 0.2) is 48.5 Å². The maximum absolute atomic E-state index is 12.4. The quantitative estimate of drug-likeness (QED) is 0.785. The highest BCUT2D eigenvalue weighted by Gasteiger charge is 2.41. The molecule has 0 N–H and O–H groups in total. The van der Waals surface area contributed by atoms with E-state index in [1.54, 1.807) is 4.90 Å². The van der Waals surface area contributed by atoms with E-state index < -0.39 is 5.60 Å². The number of hydrogen-bond donors (Lipinski definition) is 0. The van der Waals surface area contributed by atoms with Crippen molar-refractivity contribution in [3.63, 3.8) is 0 Å². The van der Waals surface area contributed by atoms with E-state index in [-0.39, 0.29) is 18.1 Å². The van der Waals surface area contributed by atoms with Gasteiger partial charge in [-0.3, -0.25) is 0 Å². The Morgan fingerprint density at radius 1 is 1.14 bits per heavy atom. The van der Waals surface area contributed by atoms with Gasteiger partial charge in [-0.1, -0.05) is 36.4 Å². The van der Waals surface area contributed by atoms with Crippen LogP contribution in [-0.4, -0.2) is 35.8 Å². The molecule has 1 saturated heterocycles. The zero-order valence-corrected chi connectivity index (χ0v) is 16.7. The van der Waals surface area contributed by atoms with Gasteiger partial charge in [-0.2, -0.15) is 0 Å². The van der Waals surface area contributed by atoms with E-state index in [9.17, 15) is 4.79 Å². The lowest BCUT2D eigenvalue weighted by Gasteiger charge is -2.27. The molecule has 2 aromatic rings. The van der Waals surface area contributed by atoms with Crippen molar-refractivity contribution in [3.8, 4) is 5.75 Å². The van der Waals surface area contributed by atoms with E-state index in [2.05, 4.69) is 24.3 Å². The van der Waals surface area contributed by atoms with Crippen molar-refractivity contribution in [2.75, 3.05) is 13.1 Å². The van der Waals surface area contributed by atoms with Gasteiger partial charge in [0.05, 0.1) is 19.3 Å². The summed E-state index contributed by atoms with van der Waals surface area (Å²) in [6.07, 6.45) is -0.244. The van der Waals surface area contributed by atoms with Crippen LogP contribution in [-0.2, 0) is 22.7 Å². The Kier molecular flexibility index (Phi) is 5.02. The largest absolute Gasteiger partial charge is 0.489 e. The minimum absolute atomic E-state index is 0.0242. The van der Waals surface area contributed by atoms with Gasteiger partial charge >= 0.3 is 6.09 Å². The van der Waals surface area contributed by atoms with Gasteiger partial charge < -0.3 is 19.1 Å². The molecule has 1 amide bonds.